The summed E-state index contributed by atoms with van der Waals surface area (Å²) < 4.78 is 22.4. The average molecular weight is 565 g/mol. The second-order valence-electron chi connectivity index (χ2n) is 13.4. The molecule has 0 saturated heterocycles. The summed E-state index contributed by atoms with van der Waals surface area (Å²) in [6, 6.07) is 12.1. The molecule has 2 aromatic rings. The highest BCUT2D eigenvalue weighted by Gasteiger charge is 2.40. The number of methoxy groups -OCH3 is 4. The lowest BCUT2D eigenvalue weighted by atomic mass is 10.2. The van der Waals surface area contributed by atoms with Crippen molar-refractivity contribution in [3.8, 4) is 23.0 Å². The van der Waals surface area contributed by atoms with Gasteiger partial charge in [0.15, 0.2) is 0 Å². The van der Waals surface area contributed by atoms with E-state index in [0.717, 1.165) is 23.0 Å². The van der Waals surface area contributed by atoms with Gasteiger partial charge in [0.1, 0.15) is 23.0 Å². The summed E-state index contributed by atoms with van der Waals surface area (Å²) in [6.45, 7) is 27.6. The van der Waals surface area contributed by atoms with Crippen LogP contribution in [0.15, 0.2) is 36.4 Å². The van der Waals surface area contributed by atoms with E-state index in [4.69, 9.17) is 18.9 Å². The Bertz CT molecular complexity index is 866. The zero-order chi connectivity index (χ0) is 29.7. The van der Waals surface area contributed by atoms with Crippen molar-refractivity contribution in [2.24, 2.45) is 0 Å². The second-order valence-corrected chi connectivity index (χ2v) is 21.0. The summed E-state index contributed by atoms with van der Waals surface area (Å²) in [7, 11) is 6.05. The van der Waals surface area contributed by atoms with E-state index in [1.807, 2.05) is 36.4 Å². The van der Waals surface area contributed by atoms with Gasteiger partial charge in [0.05, 0.1) is 39.0 Å². The lowest BCUT2D eigenvalue weighted by Gasteiger charge is -2.42. The molecule has 0 saturated carbocycles. The summed E-state index contributed by atoms with van der Waals surface area (Å²) in [5.41, 5.74) is 0. The van der Waals surface area contributed by atoms with Gasteiger partial charge in [-0.15, -0.1) is 0 Å². The largest absolute Gasteiger partial charge is 0.496 e. The maximum atomic E-state index is 5.60. The molecule has 0 amide bonds. The molecule has 0 fully saturated rings. The summed E-state index contributed by atoms with van der Waals surface area (Å²) >= 11 is 0. The molecule has 0 atom stereocenters. The van der Waals surface area contributed by atoms with E-state index >= 15 is 0 Å². The van der Waals surface area contributed by atoms with Gasteiger partial charge in [-0.25, -0.2) is 0 Å². The molecule has 0 aliphatic heterocycles. The van der Waals surface area contributed by atoms with E-state index in [0.29, 0.717) is 0 Å². The van der Waals surface area contributed by atoms with E-state index in [9.17, 15) is 0 Å². The first kappa shape index (κ1) is 34.5. The first-order valence-corrected chi connectivity index (χ1v) is 16.0. The Morgan fingerprint density at radius 1 is 0.395 bits per heavy atom. The van der Waals surface area contributed by atoms with Crippen LogP contribution in [0.25, 0.3) is 0 Å². The molecular weight excluding hydrogens is 510 g/mol. The highest BCUT2D eigenvalue weighted by atomic mass is 31.1. The minimum Gasteiger partial charge on any atom is -0.496 e. The summed E-state index contributed by atoms with van der Waals surface area (Å²) in [4.78, 5) is 0. The molecule has 0 aromatic heterocycles. The molecule has 0 bridgehead atoms. The van der Waals surface area contributed by atoms with Crippen LogP contribution >= 0.6 is 15.8 Å². The normalized spacial score (nSPS) is 12.7. The highest BCUT2D eigenvalue weighted by Crippen LogP contribution is 2.62. The Morgan fingerprint density at radius 2 is 0.579 bits per heavy atom. The van der Waals surface area contributed by atoms with Crippen molar-refractivity contribution in [3.05, 3.63) is 36.4 Å². The van der Waals surface area contributed by atoms with E-state index in [1.54, 1.807) is 28.4 Å². The van der Waals surface area contributed by atoms with Gasteiger partial charge in [0.2, 0.25) is 0 Å². The molecule has 0 spiro atoms. The Kier molecular flexibility index (Phi) is 12.0. The van der Waals surface area contributed by atoms with Gasteiger partial charge in [-0.05, 0) is 44.9 Å². The van der Waals surface area contributed by atoms with Crippen molar-refractivity contribution in [2.45, 2.75) is 104 Å². The molecule has 0 heterocycles. The molecule has 0 N–H and O–H groups in total. The van der Waals surface area contributed by atoms with Crippen LogP contribution in [-0.4, -0.2) is 49.1 Å². The molecule has 0 aliphatic rings. The Balaban J connectivity index is 0.000000380. The topological polar surface area (TPSA) is 36.9 Å². The fourth-order valence-corrected chi connectivity index (χ4v) is 13.7. The second kappa shape index (κ2) is 13.2. The molecule has 216 valence electrons. The first-order valence-electron chi connectivity index (χ1n) is 13.3. The maximum Gasteiger partial charge on any atom is 0.130 e. The molecule has 2 aromatic carbocycles. The van der Waals surface area contributed by atoms with E-state index in [-0.39, 0.29) is 20.6 Å². The highest BCUT2D eigenvalue weighted by molar-refractivity contribution is 7.69. The van der Waals surface area contributed by atoms with Crippen LogP contribution in [0.1, 0.15) is 83.1 Å². The fraction of sp³-hybridized carbons (Fsp3) is 0.625. The molecule has 0 unspecified atom stereocenters. The number of ether oxygens (including phenoxy) is 4. The predicted octanol–water partition coefficient (Wildman–Crippen LogP) is 8.82. The Labute approximate surface area is 236 Å². The lowest BCUT2D eigenvalue weighted by molar-refractivity contribution is 0.400. The van der Waals surface area contributed by atoms with Crippen molar-refractivity contribution in [1.82, 2.24) is 0 Å². The summed E-state index contributed by atoms with van der Waals surface area (Å²) in [5, 5.41) is 3.24. The van der Waals surface area contributed by atoms with Gasteiger partial charge < -0.3 is 18.9 Å². The zero-order valence-corrected chi connectivity index (χ0v) is 28.8. The number of benzene rings is 2. The van der Waals surface area contributed by atoms with Crippen molar-refractivity contribution in [2.75, 3.05) is 28.4 Å². The maximum absolute atomic E-state index is 5.60. The van der Waals surface area contributed by atoms with Crippen molar-refractivity contribution in [1.29, 1.82) is 0 Å². The van der Waals surface area contributed by atoms with Crippen LogP contribution in [0.2, 0.25) is 0 Å². The van der Waals surface area contributed by atoms with Gasteiger partial charge >= 0.3 is 0 Å². The smallest absolute Gasteiger partial charge is 0.130 e. The third kappa shape index (κ3) is 8.76. The van der Waals surface area contributed by atoms with Crippen molar-refractivity contribution in [3.63, 3.8) is 0 Å². The van der Waals surface area contributed by atoms with Crippen molar-refractivity contribution < 1.29 is 18.9 Å². The predicted molar refractivity (Wildman–Crippen MR) is 171 cm³/mol. The van der Waals surface area contributed by atoms with Crippen LogP contribution in [0.5, 0.6) is 23.0 Å². The van der Waals surface area contributed by atoms with Crippen LogP contribution in [0.4, 0.5) is 0 Å². The number of hydrogen-bond donors (Lipinski definition) is 0. The number of rotatable bonds is 6. The molecule has 38 heavy (non-hydrogen) atoms. The molecule has 0 aliphatic carbocycles. The number of hydrogen-bond acceptors (Lipinski definition) is 4. The first-order chi connectivity index (χ1) is 17.2. The quantitative estimate of drug-likeness (QED) is 0.329. The average Bonchev–Trinajstić information content (AvgIpc) is 2.76. The van der Waals surface area contributed by atoms with E-state index in [2.05, 4.69) is 83.1 Å². The lowest BCUT2D eigenvalue weighted by Crippen LogP contribution is -2.32. The zero-order valence-electron chi connectivity index (χ0n) is 27.0. The summed E-state index contributed by atoms with van der Waals surface area (Å²) in [5.74, 6) is 3.76. The van der Waals surface area contributed by atoms with E-state index in [1.165, 1.54) is 10.6 Å². The van der Waals surface area contributed by atoms with Gasteiger partial charge in [0, 0.05) is 0 Å². The van der Waals surface area contributed by atoms with Gasteiger partial charge in [0.25, 0.3) is 0 Å². The molecule has 0 radical (unpaired) electrons. The van der Waals surface area contributed by atoms with Crippen LogP contribution in [0.3, 0.4) is 0 Å². The van der Waals surface area contributed by atoms with Crippen LogP contribution in [-0.2, 0) is 0 Å². The SMILES string of the molecule is COc1cccc(OC)c1P(C(C)(C)C)C(C)(C)C.COc1cccc(OC)c1P(C(C)(C)C)C(C)(C)C. The standard InChI is InChI=1S/2C16H27O2P/c2*1-15(2,3)19(16(4,5)6)14-12(17-7)10-9-11-13(14)18-8/h2*9-11H,1-8H3. The van der Waals surface area contributed by atoms with Crippen LogP contribution in [0, 0.1) is 0 Å². The molecule has 2 rings (SSSR count). The third-order valence-corrected chi connectivity index (χ3v) is 13.1. The molecular formula is C32H54O4P2. The van der Waals surface area contributed by atoms with Gasteiger partial charge in [-0.2, -0.15) is 0 Å². The van der Waals surface area contributed by atoms with Gasteiger partial charge in [-0.3, -0.25) is 0 Å². The van der Waals surface area contributed by atoms with Crippen molar-refractivity contribution >= 4 is 26.5 Å². The van der Waals surface area contributed by atoms with Gasteiger partial charge in [-0.1, -0.05) is 111 Å². The fourth-order valence-electron chi connectivity index (χ4n) is 5.46. The van der Waals surface area contributed by atoms with E-state index < -0.39 is 15.8 Å². The minimum absolute atomic E-state index is 0.190. The minimum atomic E-state index is -0.441. The molecule has 6 heteroatoms. The third-order valence-electron chi connectivity index (χ3n) is 5.93. The Morgan fingerprint density at radius 3 is 0.711 bits per heavy atom. The summed E-state index contributed by atoms with van der Waals surface area (Å²) in [6.07, 6.45) is 0. The monoisotopic (exact) mass is 564 g/mol. The Hall–Kier alpha value is -1.50. The van der Waals surface area contributed by atoms with Crippen LogP contribution < -0.4 is 29.6 Å². The molecule has 4 nitrogen and oxygen atoms in total.